The molecule has 1 aliphatic heterocycles. The summed E-state index contributed by atoms with van der Waals surface area (Å²) in [7, 11) is 0. The third kappa shape index (κ3) is 4.19. The van der Waals surface area contributed by atoms with Gasteiger partial charge < -0.3 is 5.32 Å². The van der Waals surface area contributed by atoms with Gasteiger partial charge in [0, 0.05) is 10.9 Å². The quantitative estimate of drug-likeness (QED) is 0.420. The molecular weight excluding hydrogens is 432 g/mol. The molecule has 9 heteroatoms. The Morgan fingerprint density at radius 1 is 1.13 bits per heavy atom. The van der Waals surface area contributed by atoms with Gasteiger partial charge in [-0.2, -0.15) is 5.01 Å². The summed E-state index contributed by atoms with van der Waals surface area (Å²) in [6.07, 6.45) is 0.365. The normalized spacial score (nSPS) is 18.2. The van der Waals surface area contributed by atoms with Crippen LogP contribution in [0.25, 0.3) is 11.3 Å². The summed E-state index contributed by atoms with van der Waals surface area (Å²) in [5, 5.41) is 5.45. The number of benzene rings is 2. The van der Waals surface area contributed by atoms with E-state index < -0.39 is 23.4 Å². The molecule has 7 nitrogen and oxygen atoms in total. The molecule has 2 heterocycles. The van der Waals surface area contributed by atoms with Crippen molar-refractivity contribution in [3.05, 3.63) is 71.6 Å². The summed E-state index contributed by atoms with van der Waals surface area (Å²) in [6.45, 7) is 1.82. The predicted molar refractivity (Wildman–Crippen MR) is 120 cm³/mol. The highest BCUT2D eigenvalue weighted by molar-refractivity contribution is 8.01. The number of urea groups is 1. The highest BCUT2D eigenvalue weighted by Crippen LogP contribution is 2.32. The highest BCUT2D eigenvalue weighted by atomic mass is 32.2. The molecule has 2 aromatic carbocycles. The summed E-state index contributed by atoms with van der Waals surface area (Å²) in [4.78, 5) is 42.5. The molecule has 0 radical (unpaired) electrons. The Morgan fingerprint density at radius 3 is 2.48 bits per heavy atom. The first-order valence-electron chi connectivity index (χ1n) is 9.69. The zero-order chi connectivity index (χ0) is 21.8. The number of nitrogens with zero attached hydrogens (tertiary/aromatic N) is 2. The van der Waals surface area contributed by atoms with Gasteiger partial charge in [-0.25, -0.2) is 9.78 Å². The molecule has 1 atom stereocenters. The lowest BCUT2D eigenvalue weighted by atomic mass is 9.87. The van der Waals surface area contributed by atoms with E-state index in [-0.39, 0.29) is 5.75 Å². The van der Waals surface area contributed by atoms with Crippen molar-refractivity contribution in [3.63, 3.8) is 0 Å². The van der Waals surface area contributed by atoms with E-state index in [0.29, 0.717) is 12.0 Å². The van der Waals surface area contributed by atoms with E-state index in [2.05, 4.69) is 15.7 Å². The van der Waals surface area contributed by atoms with E-state index in [0.717, 1.165) is 20.6 Å². The molecule has 1 fully saturated rings. The molecule has 3 aromatic rings. The van der Waals surface area contributed by atoms with Crippen molar-refractivity contribution in [3.8, 4) is 11.3 Å². The maximum absolute atomic E-state index is 13.1. The minimum absolute atomic E-state index is 0.0310. The van der Waals surface area contributed by atoms with Gasteiger partial charge in [0.25, 0.3) is 5.91 Å². The van der Waals surface area contributed by atoms with Crippen molar-refractivity contribution in [2.75, 3.05) is 5.75 Å². The Hall–Kier alpha value is -3.17. The second-order valence-electron chi connectivity index (χ2n) is 6.88. The van der Waals surface area contributed by atoms with Gasteiger partial charge in [0.15, 0.2) is 4.34 Å². The van der Waals surface area contributed by atoms with Crippen LogP contribution in [0.5, 0.6) is 0 Å². The number of thioether (sulfide) groups is 1. The molecule has 158 valence electrons. The Bertz CT molecular complexity index is 1100. The molecule has 4 amide bonds. The molecule has 1 saturated heterocycles. The standard InChI is InChI=1S/C22H20N4O3S2/c1-2-22(16-11-7-4-8-12-16)19(28)26(20(29)24-22)25-18(27)14-31-21-23-17(13-30-21)15-9-5-3-6-10-15/h3-13H,2,14H2,1H3,(H,24,29)(H,25,27). The molecule has 4 rings (SSSR count). The van der Waals surface area contributed by atoms with Crippen LogP contribution in [0, 0.1) is 0 Å². The lowest BCUT2D eigenvalue weighted by Crippen LogP contribution is -2.49. The number of amides is 4. The van der Waals surface area contributed by atoms with E-state index >= 15 is 0 Å². The first-order chi connectivity index (χ1) is 15.0. The van der Waals surface area contributed by atoms with Crippen LogP contribution >= 0.6 is 23.1 Å². The van der Waals surface area contributed by atoms with Crippen LogP contribution in [-0.2, 0) is 15.1 Å². The highest BCUT2D eigenvalue weighted by Gasteiger charge is 2.52. The van der Waals surface area contributed by atoms with E-state index in [1.165, 1.54) is 23.1 Å². The number of aromatic nitrogens is 1. The minimum Gasteiger partial charge on any atom is -0.318 e. The molecule has 1 aliphatic rings. The van der Waals surface area contributed by atoms with E-state index in [9.17, 15) is 14.4 Å². The Kier molecular flexibility index (Phi) is 6.06. The molecule has 1 aromatic heterocycles. The Morgan fingerprint density at radius 2 is 1.81 bits per heavy atom. The average molecular weight is 453 g/mol. The zero-order valence-corrected chi connectivity index (χ0v) is 18.3. The van der Waals surface area contributed by atoms with Crippen molar-refractivity contribution in [1.82, 2.24) is 20.7 Å². The number of nitrogens with one attached hydrogen (secondary N) is 2. The summed E-state index contributed by atoms with van der Waals surface area (Å²) in [5.74, 6) is -0.918. The van der Waals surface area contributed by atoms with Crippen molar-refractivity contribution < 1.29 is 14.4 Å². The van der Waals surface area contributed by atoms with Gasteiger partial charge in [0.1, 0.15) is 5.54 Å². The zero-order valence-electron chi connectivity index (χ0n) is 16.7. The number of hydrogen-bond acceptors (Lipinski definition) is 6. The van der Waals surface area contributed by atoms with Crippen LogP contribution in [-0.4, -0.2) is 33.6 Å². The fourth-order valence-electron chi connectivity index (χ4n) is 3.39. The topological polar surface area (TPSA) is 91.4 Å². The molecule has 1 unspecified atom stereocenters. The number of carbonyl (C=O) groups is 3. The van der Waals surface area contributed by atoms with Crippen LogP contribution in [0.4, 0.5) is 4.79 Å². The van der Waals surface area contributed by atoms with E-state index in [1.807, 2.05) is 60.8 Å². The van der Waals surface area contributed by atoms with E-state index in [1.54, 1.807) is 12.1 Å². The van der Waals surface area contributed by atoms with Crippen LogP contribution in [0.3, 0.4) is 0 Å². The lowest BCUT2D eigenvalue weighted by molar-refractivity contribution is -0.138. The largest absolute Gasteiger partial charge is 0.344 e. The van der Waals surface area contributed by atoms with Crippen LogP contribution in [0.2, 0.25) is 0 Å². The third-order valence-corrected chi connectivity index (χ3v) is 7.03. The molecule has 0 bridgehead atoms. The van der Waals surface area contributed by atoms with Gasteiger partial charge in [-0.15, -0.1) is 11.3 Å². The number of carbonyl (C=O) groups excluding carboxylic acids is 3. The summed E-state index contributed by atoms with van der Waals surface area (Å²) < 4.78 is 0.735. The van der Waals surface area contributed by atoms with Crippen molar-refractivity contribution in [1.29, 1.82) is 0 Å². The number of thiazole rings is 1. The third-order valence-electron chi connectivity index (χ3n) is 5.00. The summed E-state index contributed by atoms with van der Waals surface area (Å²) >= 11 is 2.70. The van der Waals surface area contributed by atoms with Gasteiger partial charge >= 0.3 is 6.03 Å². The average Bonchev–Trinajstić information content (AvgIpc) is 3.38. The smallest absolute Gasteiger partial charge is 0.318 e. The second-order valence-corrected chi connectivity index (χ2v) is 8.96. The fraction of sp³-hybridized carbons (Fsp3) is 0.182. The lowest BCUT2D eigenvalue weighted by Gasteiger charge is -2.25. The number of imide groups is 1. The molecule has 31 heavy (non-hydrogen) atoms. The maximum atomic E-state index is 13.1. The maximum Gasteiger partial charge on any atom is 0.344 e. The van der Waals surface area contributed by atoms with Crippen molar-refractivity contribution in [2.24, 2.45) is 0 Å². The van der Waals surface area contributed by atoms with Gasteiger partial charge in [-0.1, -0.05) is 79.3 Å². The van der Waals surface area contributed by atoms with Gasteiger partial charge in [0.05, 0.1) is 11.4 Å². The SMILES string of the molecule is CCC1(c2ccccc2)NC(=O)N(NC(=O)CSc2nc(-c3ccccc3)cs2)C1=O. The first kappa shape index (κ1) is 21.1. The van der Waals surface area contributed by atoms with E-state index in [4.69, 9.17) is 0 Å². The number of hydrazine groups is 1. The number of hydrogen-bond donors (Lipinski definition) is 2. The molecular formula is C22H20N4O3S2. The molecule has 0 spiro atoms. The number of rotatable bonds is 7. The fourth-order valence-corrected chi connectivity index (χ4v) is 5.02. The minimum atomic E-state index is -1.18. The summed E-state index contributed by atoms with van der Waals surface area (Å²) in [5.41, 5.74) is 3.78. The second kappa shape index (κ2) is 8.91. The molecule has 2 N–H and O–H groups in total. The monoisotopic (exact) mass is 452 g/mol. The van der Waals surface area contributed by atoms with Gasteiger partial charge in [0.2, 0.25) is 5.91 Å². The summed E-state index contributed by atoms with van der Waals surface area (Å²) in [6, 6.07) is 18.2. The van der Waals surface area contributed by atoms with Crippen LogP contribution in [0.15, 0.2) is 70.4 Å². The van der Waals surface area contributed by atoms with Crippen molar-refractivity contribution >= 4 is 40.9 Å². The van der Waals surface area contributed by atoms with Crippen molar-refractivity contribution in [2.45, 2.75) is 23.2 Å². The van der Waals surface area contributed by atoms with Crippen LogP contribution in [0.1, 0.15) is 18.9 Å². The predicted octanol–water partition coefficient (Wildman–Crippen LogP) is 3.79. The van der Waals surface area contributed by atoms with Gasteiger partial charge in [-0.3, -0.25) is 15.0 Å². The van der Waals surface area contributed by atoms with Gasteiger partial charge in [-0.05, 0) is 12.0 Å². The Balaban J connectivity index is 1.39. The Labute approximate surface area is 187 Å². The first-order valence-corrected chi connectivity index (χ1v) is 11.6. The van der Waals surface area contributed by atoms with Crippen LogP contribution < -0.4 is 10.7 Å². The molecule has 0 saturated carbocycles. The molecule has 0 aliphatic carbocycles.